The molecule has 2 rings (SSSR count). The number of carbonyl (C=O) groups excluding carboxylic acids is 2. The average molecular weight is 285 g/mol. The number of hydrogen-bond acceptors (Lipinski definition) is 6. The number of methoxy groups -OCH3 is 1. The highest BCUT2D eigenvalue weighted by Crippen LogP contribution is 2.08. The van der Waals surface area contributed by atoms with Gasteiger partial charge in [0.2, 0.25) is 5.91 Å². The molecule has 0 aromatic carbocycles. The largest absolute Gasteiger partial charge is 0.467 e. The minimum absolute atomic E-state index is 0.128. The fraction of sp³-hybridized carbons (Fsp3) is 0.846. The van der Waals surface area contributed by atoms with Crippen molar-refractivity contribution in [1.29, 1.82) is 0 Å². The van der Waals surface area contributed by atoms with E-state index in [0.717, 1.165) is 26.2 Å². The zero-order chi connectivity index (χ0) is 14.5. The second-order valence-corrected chi connectivity index (χ2v) is 5.30. The average Bonchev–Trinajstić information content (AvgIpc) is 2.47. The van der Waals surface area contributed by atoms with Crippen molar-refractivity contribution in [2.75, 3.05) is 66.6 Å². The fourth-order valence-corrected chi connectivity index (χ4v) is 2.47. The SMILES string of the molecule is COC(=O)C1CN(CC(=O)N2CCN(C)CC2)CCO1. The third-order valence-electron chi connectivity index (χ3n) is 3.83. The number of nitrogens with zero attached hydrogens (tertiary/aromatic N) is 3. The van der Waals surface area contributed by atoms with Gasteiger partial charge in [0.05, 0.1) is 20.3 Å². The summed E-state index contributed by atoms with van der Waals surface area (Å²) >= 11 is 0. The van der Waals surface area contributed by atoms with Crippen LogP contribution in [0.2, 0.25) is 0 Å². The molecule has 7 nitrogen and oxygen atoms in total. The molecule has 0 radical (unpaired) electrons. The Morgan fingerprint density at radius 2 is 1.90 bits per heavy atom. The molecule has 1 amide bonds. The van der Waals surface area contributed by atoms with Crippen molar-refractivity contribution in [3.05, 3.63) is 0 Å². The number of hydrogen-bond donors (Lipinski definition) is 0. The molecule has 2 saturated heterocycles. The summed E-state index contributed by atoms with van der Waals surface area (Å²) < 4.78 is 10.0. The van der Waals surface area contributed by atoms with Gasteiger partial charge in [0.15, 0.2) is 6.10 Å². The predicted molar refractivity (Wildman–Crippen MR) is 72.3 cm³/mol. The summed E-state index contributed by atoms with van der Waals surface area (Å²) in [6.45, 7) is 5.29. The van der Waals surface area contributed by atoms with Gasteiger partial charge in [-0.2, -0.15) is 0 Å². The van der Waals surface area contributed by atoms with Crippen molar-refractivity contribution < 1.29 is 19.1 Å². The first-order chi connectivity index (χ1) is 9.60. The molecule has 7 heteroatoms. The van der Waals surface area contributed by atoms with Gasteiger partial charge in [0.25, 0.3) is 0 Å². The van der Waals surface area contributed by atoms with Crippen LogP contribution in [0, 0.1) is 0 Å². The first-order valence-corrected chi connectivity index (χ1v) is 6.98. The van der Waals surface area contributed by atoms with E-state index in [0.29, 0.717) is 26.2 Å². The van der Waals surface area contributed by atoms with Gasteiger partial charge in [-0.25, -0.2) is 4.79 Å². The number of piperazine rings is 1. The van der Waals surface area contributed by atoms with Gasteiger partial charge >= 0.3 is 5.97 Å². The molecule has 1 atom stereocenters. The second kappa shape index (κ2) is 7.01. The van der Waals surface area contributed by atoms with Gasteiger partial charge in [0, 0.05) is 39.3 Å². The van der Waals surface area contributed by atoms with Crippen molar-refractivity contribution in [3.8, 4) is 0 Å². The Bertz CT molecular complexity index is 356. The molecule has 0 bridgehead atoms. The lowest BCUT2D eigenvalue weighted by Gasteiger charge is -2.35. The maximum absolute atomic E-state index is 12.2. The fourth-order valence-electron chi connectivity index (χ4n) is 2.47. The molecular formula is C13H23N3O4. The number of ether oxygens (including phenoxy) is 2. The molecule has 20 heavy (non-hydrogen) atoms. The number of rotatable bonds is 3. The quantitative estimate of drug-likeness (QED) is 0.597. The van der Waals surface area contributed by atoms with Crippen molar-refractivity contribution in [2.24, 2.45) is 0 Å². The van der Waals surface area contributed by atoms with Gasteiger partial charge < -0.3 is 19.3 Å². The number of esters is 1. The van der Waals surface area contributed by atoms with E-state index in [4.69, 9.17) is 4.74 Å². The molecule has 2 aliphatic heterocycles. The van der Waals surface area contributed by atoms with Crippen LogP contribution in [0.4, 0.5) is 0 Å². The molecule has 0 spiro atoms. The molecule has 0 N–H and O–H groups in total. The number of amides is 1. The highest BCUT2D eigenvalue weighted by molar-refractivity contribution is 5.79. The van der Waals surface area contributed by atoms with Crippen molar-refractivity contribution in [3.63, 3.8) is 0 Å². The predicted octanol–water partition coefficient (Wildman–Crippen LogP) is -1.37. The van der Waals surface area contributed by atoms with Crippen LogP contribution in [0.15, 0.2) is 0 Å². The van der Waals surface area contributed by atoms with Crippen LogP contribution < -0.4 is 0 Å². The van der Waals surface area contributed by atoms with Crippen molar-refractivity contribution in [1.82, 2.24) is 14.7 Å². The van der Waals surface area contributed by atoms with Crippen LogP contribution in [0.3, 0.4) is 0 Å². The van der Waals surface area contributed by atoms with Gasteiger partial charge in [-0.1, -0.05) is 0 Å². The highest BCUT2D eigenvalue weighted by atomic mass is 16.6. The molecule has 1 unspecified atom stereocenters. The maximum Gasteiger partial charge on any atom is 0.336 e. The Morgan fingerprint density at radius 1 is 1.20 bits per heavy atom. The third kappa shape index (κ3) is 3.91. The molecule has 0 aromatic heterocycles. The smallest absolute Gasteiger partial charge is 0.336 e. The number of likely N-dealkylation sites (N-methyl/N-ethyl adjacent to an activating group) is 1. The van der Waals surface area contributed by atoms with E-state index in [2.05, 4.69) is 16.7 Å². The van der Waals surface area contributed by atoms with Crippen molar-refractivity contribution >= 4 is 11.9 Å². The first kappa shape index (κ1) is 15.2. The van der Waals surface area contributed by atoms with E-state index in [1.165, 1.54) is 7.11 Å². The zero-order valence-electron chi connectivity index (χ0n) is 12.2. The maximum atomic E-state index is 12.2. The summed E-state index contributed by atoms with van der Waals surface area (Å²) in [6.07, 6.45) is -0.575. The van der Waals surface area contributed by atoms with E-state index < -0.39 is 6.10 Å². The molecule has 0 aliphatic carbocycles. The van der Waals surface area contributed by atoms with Gasteiger partial charge in [-0.05, 0) is 7.05 Å². The zero-order valence-corrected chi connectivity index (χ0v) is 12.2. The normalized spacial score (nSPS) is 25.5. The summed E-state index contributed by atoms with van der Waals surface area (Å²) in [5, 5.41) is 0. The lowest BCUT2D eigenvalue weighted by Crippen LogP contribution is -2.53. The molecule has 2 fully saturated rings. The molecular weight excluding hydrogens is 262 g/mol. The summed E-state index contributed by atoms with van der Waals surface area (Å²) in [5.41, 5.74) is 0. The summed E-state index contributed by atoms with van der Waals surface area (Å²) in [4.78, 5) is 29.8. The molecule has 2 aliphatic rings. The Balaban J connectivity index is 1.80. The minimum atomic E-state index is -0.575. The topological polar surface area (TPSA) is 62.3 Å². The van der Waals surface area contributed by atoms with E-state index in [9.17, 15) is 9.59 Å². The minimum Gasteiger partial charge on any atom is -0.467 e. The van der Waals surface area contributed by atoms with Crippen LogP contribution in [-0.2, 0) is 19.1 Å². The van der Waals surface area contributed by atoms with Gasteiger partial charge in [-0.3, -0.25) is 9.69 Å². The third-order valence-corrected chi connectivity index (χ3v) is 3.83. The Morgan fingerprint density at radius 3 is 2.55 bits per heavy atom. The van der Waals surface area contributed by atoms with Crippen LogP contribution in [0.25, 0.3) is 0 Å². The van der Waals surface area contributed by atoms with Crippen LogP contribution in [0.5, 0.6) is 0 Å². The lowest BCUT2D eigenvalue weighted by atomic mass is 10.2. The van der Waals surface area contributed by atoms with Crippen molar-refractivity contribution in [2.45, 2.75) is 6.10 Å². The standard InChI is InChI=1S/C13H23N3O4/c1-14-3-5-16(6-4-14)12(17)10-15-7-8-20-11(9-15)13(18)19-2/h11H,3-10H2,1-2H3. The van der Waals surface area contributed by atoms with E-state index in [1.54, 1.807) is 0 Å². The van der Waals surface area contributed by atoms with E-state index in [-0.39, 0.29) is 11.9 Å². The Labute approximate surface area is 119 Å². The Hall–Kier alpha value is -1.18. The summed E-state index contributed by atoms with van der Waals surface area (Å²) in [6, 6.07) is 0. The summed E-state index contributed by atoms with van der Waals surface area (Å²) in [7, 11) is 3.41. The van der Waals surface area contributed by atoms with E-state index in [1.807, 2.05) is 9.80 Å². The van der Waals surface area contributed by atoms with Crippen LogP contribution >= 0.6 is 0 Å². The molecule has 2 heterocycles. The molecule has 0 saturated carbocycles. The monoisotopic (exact) mass is 285 g/mol. The lowest BCUT2D eigenvalue weighted by molar-refractivity contribution is -0.161. The van der Waals surface area contributed by atoms with Gasteiger partial charge in [-0.15, -0.1) is 0 Å². The number of morpholine rings is 1. The van der Waals surface area contributed by atoms with Crippen LogP contribution in [-0.4, -0.2) is 99.3 Å². The first-order valence-electron chi connectivity index (χ1n) is 6.98. The van der Waals surface area contributed by atoms with Crippen LogP contribution in [0.1, 0.15) is 0 Å². The number of carbonyl (C=O) groups is 2. The molecule has 114 valence electrons. The van der Waals surface area contributed by atoms with E-state index >= 15 is 0 Å². The highest BCUT2D eigenvalue weighted by Gasteiger charge is 2.29. The molecule has 0 aromatic rings. The van der Waals surface area contributed by atoms with Gasteiger partial charge in [0.1, 0.15) is 0 Å². The second-order valence-electron chi connectivity index (χ2n) is 5.30. The summed E-state index contributed by atoms with van der Waals surface area (Å²) in [5.74, 6) is -0.245. The Kier molecular flexibility index (Phi) is 5.33.